The first-order chi connectivity index (χ1) is 12.4. The Balaban J connectivity index is 1.90. The second-order valence-corrected chi connectivity index (χ2v) is 7.50. The molecule has 0 aromatic heterocycles. The molecule has 1 aromatic rings. The van der Waals surface area contributed by atoms with Gasteiger partial charge in [-0.25, -0.2) is 0 Å². The van der Waals surface area contributed by atoms with E-state index < -0.39 is 0 Å². The van der Waals surface area contributed by atoms with E-state index >= 15 is 0 Å². The minimum Gasteiger partial charge on any atom is -0.507 e. The predicted molar refractivity (Wildman–Crippen MR) is 103 cm³/mol. The van der Waals surface area contributed by atoms with Crippen LogP contribution >= 0.6 is 0 Å². The van der Waals surface area contributed by atoms with E-state index in [0.717, 1.165) is 31.4 Å². The first-order valence-electron chi connectivity index (χ1n) is 9.84. The highest BCUT2D eigenvalue weighted by atomic mass is 16.3. The molecule has 2 amide bonds. The Morgan fingerprint density at radius 3 is 2.54 bits per heavy atom. The Kier molecular flexibility index (Phi) is 7.49. The topological polar surface area (TPSA) is 69.6 Å². The molecule has 0 bridgehead atoms. The summed E-state index contributed by atoms with van der Waals surface area (Å²) in [5, 5.41) is 13.1. The van der Waals surface area contributed by atoms with Gasteiger partial charge < -0.3 is 15.3 Å². The van der Waals surface area contributed by atoms with Crippen molar-refractivity contribution in [3.8, 4) is 5.75 Å². The lowest BCUT2D eigenvalue weighted by atomic mass is 9.94. The highest BCUT2D eigenvalue weighted by molar-refractivity contribution is 5.97. The van der Waals surface area contributed by atoms with Gasteiger partial charge in [0.25, 0.3) is 5.91 Å². The molecule has 1 aromatic carbocycles. The average Bonchev–Trinajstić information content (AvgIpc) is 2.65. The van der Waals surface area contributed by atoms with Gasteiger partial charge in [0, 0.05) is 25.6 Å². The minimum absolute atomic E-state index is 0.0173. The number of piperidine rings is 1. The average molecular weight is 360 g/mol. The third-order valence-corrected chi connectivity index (χ3v) is 5.15. The molecule has 0 saturated carbocycles. The van der Waals surface area contributed by atoms with Gasteiger partial charge in [-0.05, 0) is 42.9 Å². The summed E-state index contributed by atoms with van der Waals surface area (Å²) in [5.41, 5.74) is 1.39. The predicted octanol–water partition coefficient (Wildman–Crippen LogP) is 3.67. The van der Waals surface area contributed by atoms with Crippen molar-refractivity contribution in [2.75, 3.05) is 19.6 Å². The van der Waals surface area contributed by atoms with E-state index in [2.05, 4.69) is 26.1 Å². The monoisotopic (exact) mass is 360 g/mol. The van der Waals surface area contributed by atoms with Gasteiger partial charge in [-0.15, -0.1) is 0 Å². The molecule has 1 aliphatic rings. The molecule has 2 rings (SSSR count). The van der Waals surface area contributed by atoms with Crippen molar-refractivity contribution < 1.29 is 14.7 Å². The zero-order valence-electron chi connectivity index (χ0n) is 16.3. The number of aromatic hydroxyl groups is 1. The number of amides is 2. The van der Waals surface area contributed by atoms with Crippen molar-refractivity contribution in [2.45, 2.75) is 58.8 Å². The van der Waals surface area contributed by atoms with Gasteiger partial charge in [-0.1, -0.05) is 39.7 Å². The van der Waals surface area contributed by atoms with Crippen LogP contribution in [0.15, 0.2) is 18.2 Å². The van der Waals surface area contributed by atoms with Gasteiger partial charge in [0.15, 0.2) is 0 Å². The largest absolute Gasteiger partial charge is 0.507 e. The van der Waals surface area contributed by atoms with Crippen molar-refractivity contribution in [2.24, 2.45) is 5.92 Å². The maximum atomic E-state index is 12.8. The second-order valence-electron chi connectivity index (χ2n) is 7.50. The molecule has 5 nitrogen and oxygen atoms in total. The number of nitrogens with zero attached hydrogens (tertiary/aromatic N) is 1. The molecule has 2 N–H and O–H groups in total. The first-order valence-corrected chi connectivity index (χ1v) is 9.84. The number of carbonyl (C=O) groups is 2. The van der Waals surface area contributed by atoms with Crippen LogP contribution in [0.3, 0.4) is 0 Å². The number of carbonyl (C=O) groups excluding carboxylic acids is 2. The SMILES string of the molecule is CCCCCNC(=O)C1CCN(C(=O)c2cc(C(C)C)ccc2O)CC1. The Morgan fingerprint density at radius 1 is 1.23 bits per heavy atom. The molecule has 5 heteroatoms. The van der Waals surface area contributed by atoms with Gasteiger partial charge >= 0.3 is 0 Å². The van der Waals surface area contributed by atoms with Crippen molar-refractivity contribution >= 4 is 11.8 Å². The van der Waals surface area contributed by atoms with E-state index in [1.165, 1.54) is 0 Å². The number of benzene rings is 1. The summed E-state index contributed by atoms with van der Waals surface area (Å²) >= 11 is 0. The molecule has 0 aliphatic carbocycles. The van der Waals surface area contributed by atoms with E-state index in [1.54, 1.807) is 17.0 Å². The first kappa shape index (κ1) is 20.3. The maximum Gasteiger partial charge on any atom is 0.257 e. The van der Waals surface area contributed by atoms with Crippen LogP contribution in [0.4, 0.5) is 0 Å². The molecule has 0 radical (unpaired) electrons. The number of phenolic OH excluding ortho intramolecular Hbond substituents is 1. The molecule has 1 fully saturated rings. The number of nitrogens with one attached hydrogen (secondary N) is 1. The number of hydrogen-bond donors (Lipinski definition) is 2. The Morgan fingerprint density at radius 2 is 1.92 bits per heavy atom. The normalized spacial score (nSPS) is 15.3. The molecular weight excluding hydrogens is 328 g/mol. The van der Waals surface area contributed by atoms with Crippen LogP contribution in [-0.4, -0.2) is 41.5 Å². The molecule has 0 unspecified atom stereocenters. The van der Waals surface area contributed by atoms with Crippen LogP contribution in [0.25, 0.3) is 0 Å². The van der Waals surface area contributed by atoms with Crippen molar-refractivity contribution in [3.05, 3.63) is 29.3 Å². The van der Waals surface area contributed by atoms with Crippen LogP contribution < -0.4 is 5.32 Å². The number of unbranched alkanes of at least 4 members (excludes halogenated alkanes) is 2. The molecule has 1 saturated heterocycles. The summed E-state index contributed by atoms with van der Waals surface area (Å²) in [6.07, 6.45) is 4.64. The number of phenols is 1. The van der Waals surface area contributed by atoms with Crippen LogP contribution in [0.1, 0.15) is 74.7 Å². The molecule has 26 heavy (non-hydrogen) atoms. The third-order valence-electron chi connectivity index (χ3n) is 5.15. The molecular formula is C21H32N2O3. The smallest absolute Gasteiger partial charge is 0.257 e. The zero-order valence-corrected chi connectivity index (χ0v) is 16.3. The summed E-state index contributed by atoms with van der Waals surface area (Å²) in [6.45, 7) is 8.11. The lowest BCUT2D eigenvalue weighted by Gasteiger charge is -2.31. The van der Waals surface area contributed by atoms with Crippen LogP contribution in [0.5, 0.6) is 5.75 Å². The highest BCUT2D eigenvalue weighted by Gasteiger charge is 2.28. The molecule has 0 spiro atoms. The molecule has 0 atom stereocenters. The Hall–Kier alpha value is -2.04. The van der Waals surface area contributed by atoms with Crippen LogP contribution in [0.2, 0.25) is 0 Å². The Bertz CT molecular complexity index is 620. The minimum atomic E-state index is -0.146. The van der Waals surface area contributed by atoms with Gasteiger partial charge in [-0.2, -0.15) is 0 Å². The fraction of sp³-hybridized carbons (Fsp3) is 0.619. The summed E-state index contributed by atoms with van der Waals surface area (Å²) in [6, 6.07) is 5.24. The van der Waals surface area contributed by atoms with E-state index in [1.807, 2.05) is 6.07 Å². The quantitative estimate of drug-likeness (QED) is 0.729. The van der Waals surface area contributed by atoms with Crippen molar-refractivity contribution in [1.29, 1.82) is 0 Å². The number of likely N-dealkylation sites (tertiary alicyclic amines) is 1. The summed E-state index contributed by atoms with van der Waals surface area (Å²) in [7, 11) is 0. The zero-order chi connectivity index (χ0) is 19.1. The standard InChI is InChI=1S/C21H32N2O3/c1-4-5-6-11-22-20(25)16-9-12-23(13-10-16)21(26)18-14-17(15(2)3)7-8-19(18)24/h7-8,14-16,24H,4-6,9-13H2,1-3H3,(H,22,25). The fourth-order valence-electron chi connectivity index (χ4n) is 3.33. The third kappa shape index (κ3) is 5.23. The maximum absolute atomic E-state index is 12.8. The van der Waals surface area contributed by atoms with Crippen LogP contribution in [-0.2, 0) is 4.79 Å². The van der Waals surface area contributed by atoms with Gasteiger partial charge in [-0.3, -0.25) is 9.59 Å². The van der Waals surface area contributed by atoms with Crippen LogP contribution in [0, 0.1) is 5.92 Å². The molecule has 1 aliphatic heterocycles. The van der Waals surface area contributed by atoms with Gasteiger partial charge in [0.05, 0.1) is 5.56 Å². The number of hydrogen-bond acceptors (Lipinski definition) is 3. The lowest BCUT2D eigenvalue weighted by molar-refractivity contribution is -0.126. The van der Waals surface area contributed by atoms with Crippen molar-refractivity contribution in [3.63, 3.8) is 0 Å². The summed E-state index contributed by atoms with van der Waals surface area (Å²) in [5.74, 6) is 0.264. The molecule has 1 heterocycles. The highest BCUT2D eigenvalue weighted by Crippen LogP contribution is 2.26. The lowest BCUT2D eigenvalue weighted by Crippen LogP contribution is -2.43. The van der Waals surface area contributed by atoms with E-state index in [4.69, 9.17) is 0 Å². The Labute approximate surface area is 156 Å². The van der Waals surface area contributed by atoms with E-state index in [-0.39, 0.29) is 23.5 Å². The van der Waals surface area contributed by atoms with E-state index in [0.29, 0.717) is 37.4 Å². The van der Waals surface area contributed by atoms with E-state index in [9.17, 15) is 14.7 Å². The van der Waals surface area contributed by atoms with Crippen molar-refractivity contribution in [1.82, 2.24) is 10.2 Å². The van der Waals surface area contributed by atoms with Gasteiger partial charge in [0.1, 0.15) is 5.75 Å². The second kappa shape index (κ2) is 9.60. The fourth-order valence-corrected chi connectivity index (χ4v) is 3.33. The number of rotatable bonds is 7. The summed E-state index contributed by atoms with van der Waals surface area (Å²) in [4.78, 5) is 26.8. The van der Waals surface area contributed by atoms with Gasteiger partial charge in [0.2, 0.25) is 5.91 Å². The summed E-state index contributed by atoms with van der Waals surface area (Å²) < 4.78 is 0. The molecule has 144 valence electrons.